The zero-order chi connectivity index (χ0) is 24.2. The molecule has 0 aromatic heterocycles. The monoisotopic (exact) mass is 454 g/mol. The molecule has 0 rings (SSSR count). The SMILES string of the molecule is CC(C)OC(=O)CCCCCCCCCCCCCCC(CCC(=O)OC(C)C)C(C)C. The molecule has 0 bridgehead atoms. The molecule has 0 aliphatic carbocycles. The number of carbonyl (C=O) groups is 2. The van der Waals surface area contributed by atoms with Gasteiger partial charge in [0.15, 0.2) is 0 Å². The summed E-state index contributed by atoms with van der Waals surface area (Å²) in [5.41, 5.74) is 0. The lowest BCUT2D eigenvalue weighted by atomic mass is 9.86. The van der Waals surface area contributed by atoms with Crippen molar-refractivity contribution >= 4 is 11.9 Å². The van der Waals surface area contributed by atoms with Crippen LogP contribution in [0.5, 0.6) is 0 Å². The van der Waals surface area contributed by atoms with Gasteiger partial charge in [-0.2, -0.15) is 0 Å². The van der Waals surface area contributed by atoms with Gasteiger partial charge in [0.2, 0.25) is 0 Å². The normalized spacial score (nSPS) is 12.5. The van der Waals surface area contributed by atoms with Gasteiger partial charge in [-0.05, 0) is 52.4 Å². The van der Waals surface area contributed by atoms with Crippen LogP contribution < -0.4 is 0 Å². The lowest BCUT2D eigenvalue weighted by Gasteiger charge is -2.20. The molecule has 32 heavy (non-hydrogen) atoms. The van der Waals surface area contributed by atoms with E-state index < -0.39 is 0 Å². The Labute approximate surface area is 199 Å². The summed E-state index contributed by atoms with van der Waals surface area (Å²) in [4.78, 5) is 23.3. The highest BCUT2D eigenvalue weighted by atomic mass is 16.5. The lowest BCUT2D eigenvalue weighted by Crippen LogP contribution is -2.15. The van der Waals surface area contributed by atoms with Crippen molar-refractivity contribution in [1.82, 2.24) is 0 Å². The van der Waals surface area contributed by atoms with Crippen molar-refractivity contribution in [1.29, 1.82) is 0 Å². The number of hydrogen-bond donors (Lipinski definition) is 0. The molecular weight excluding hydrogens is 400 g/mol. The van der Waals surface area contributed by atoms with Gasteiger partial charge in [0.05, 0.1) is 12.2 Å². The van der Waals surface area contributed by atoms with E-state index in [0.29, 0.717) is 24.7 Å². The number of rotatable bonds is 21. The Bertz CT molecular complexity index is 456. The molecule has 190 valence electrons. The topological polar surface area (TPSA) is 52.6 Å². The van der Waals surface area contributed by atoms with E-state index in [-0.39, 0.29) is 24.1 Å². The molecule has 0 N–H and O–H groups in total. The number of esters is 2. The molecule has 0 aromatic rings. The van der Waals surface area contributed by atoms with Crippen LogP contribution in [0, 0.1) is 11.8 Å². The van der Waals surface area contributed by atoms with Crippen molar-refractivity contribution in [2.45, 2.75) is 156 Å². The number of hydrogen-bond acceptors (Lipinski definition) is 4. The first-order valence-corrected chi connectivity index (χ1v) is 13.6. The van der Waals surface area contributed by atoms with Gasteiger partial charge in [-0.25, -0.2) is 0 Å². The molecule has 0 radical (unpaired) electrons. The first-order valence-electron chi connectivity index (χ1n) is 13.6. The van der Waals surface area contributed by atoms with Crippen molar-refractivity contribution < 1.29 is 19.1 Å². The summed E-state index contributed by atoms with van der Waals surface area (Å²) in [6.45, 7) is 12.2. The first kappa shape index (κ1) is 30.9. The summed E-state index contributed by atoms with van der Waals surface area (Å²) in [7, 11) is 0. The van der Waals surface area contributed by atoms with E-state index in [1.165, 1.54) is 70.6 Å². The van der Waals surface area contributed by atoms with E-state index in [1.807, 2.05) is 27.7 Å². The van der Waals surface area contributed by atoms with Crippen LogP contribution in [0.15, 0.2) is 0 Å². The van der Waals surface area contributed by atoms with Crippen molar-refractivity contribution in [3.05, 3.63) is 0 Å². The summed E-state index contributed by atoms with van der Waals surface area (Å²) in [6, 6.07) is 0. The molecule has 0 aromatic carbocycles. The Balaban J connectivity index is 3.49. The van der Waals surface area contributed by atoms with Crippen LogP contribution in [0.25, 0.3) is 0 Å². The van der Waals surface area contributed by atoms with E-state index >= 15 is 0 Å². The summed E-state index contributed by atoms with van der Waals surface area (Å²) in [5, 5.41) is 0. The molecule has 0 aliphatic rings. The quantitative estimate of drug-likeness (QED) is 0.129. The predicted molar refractivity (Wildman–Crippen MR) is 135 cm³/mol. The summed E-state index contributed by atoms with van der Waals surface area (Å²) >= 11 is 0. The van der Waals surface area contributed by atoms with E-state index in [9.17, 15) is 9.59 Å². The third kappa shape index (κ3) is 20.8. The molecule has 0 saturated carbocycles. The highest BCUT2D eigenvalue weighted by molar-refractivity contribution is 5.69. The van der Waals surface area contributed by atoms with Crippen LogP contribution in [-0.4, -0.2) is 24.1 Å². The molecule has 4 nitrogen and oxygen atoms in total. The van der Waals surface area contributed by atoms with E-state index in [0.717, 1.165) is 19.3 Å². The smallest absolute Gasteiger partial charge is 0.306 e. The number of ether oxygens (including phenoxy) is 2. The lowest BCUT2D eigenvalue weighted by molar-refractivity contribution is -0.148. The minimum absolute atomic E-state index is 0.00588. The van der Waals surface area contributed by atoms with Gasteiger partial charge >= 0.3 is 11.9 Å². The first-order chi connectivity index (χ1) is 15.2. The van der Waals surface area contributed by atoms with E-state index in [2.05, 4.69) is 13.8 Å². The summed E-state index contributed by atoms with van der Waals surface area (Å²) < 4.78 is 10.4. The highest BCUT2D eigenvalue weighted by Crippen LogP contribution is 2.24. The van der Waals surface area contributed by atoms with Crippen LogP contribution in [0.3, 0.4) is 0 Å². The Morgan fingerprint density at radius 1 is 0.500 bits per heavy atom. The Morgan fingerprint density at radius 2 is 0.875 bits per heavy atom. The molecular formula is C28H54O4. The Hall–Kier alpha value is -1.06. The predicted octanol–water partition coefficient (Wildman–Crippen LogP) is 8.40. The van der Waals surface area contributed by atoms with Crippen LogP contribution in [0.4, 0.5) is 0 Å². The van der Waals surface area contributed by atoms with Crippen LogP contribution >= 0.6 is 0 Å². The molecule has 0 heterocycles. The van der Waals surface area contributed by atoms with Crippen molar-refractivity contribution in [2.24, 2.45) is 11.8 Å². The fourth-order valence-electron chi connectivity index (χ4n) is 4.20. The molecule has 1 unspecified atom stereocenters. The second-order valence-electron chi connectivity index (χ2n) is 10.4. The van der Waals surface area contributed by atoms with E-state index in [1.54, 1.807) is 0 Å². The number of unbranched alkanes of at least 4 members (excludes halogenated alkanes) is 11. The standard InChI is InChI=1S/C28H54O4/c1-23(2)26(21-22-28(30)32-25(5)6)19-17-15-13-11-9-7-8-10-12-14-16-18-20-27(29)31-24(3)4/h23-26H,7-22H2,1-6H3. The van der Waals surface area contributed by atoms with Crippen LogP contribution in [0.2, 0.25) is 0 Å². The fraction of sp³-hybridized carbons (Fsp3) is 0.929. The third-order valence-electron chi connectivity index (χ3n) is 6.10. The third-order valence-corrected chi connectivity index (χ3v) is 6.10. The van der Waals surface area contributed by atoms with Crippen molar-refractivity contribution in [3.8, 4) is 0 Å². The van der Waals surface area contributed by atoms with Gasteiger partial charge in [0, 0.05) is 12.8 Å². The fourth-order valence-corrected chi connectivity index (χ4v) is 4.20. The highest BCUT2D eigenvalue weighted by Gasteiger charge is 2.16. The molecule has 1 atom stereocenters. The van der Waals surface area contributed by atoms with Crippen molar-refractivity contribution in [2.75, 3.05) is 0 Å². The largest absolute Gasteiger partial charge is 0.463 e. The average molecular weight is 455 g/mol. The average Bonchev–Trinajstić information content (AvgIpc) is 2.68. The Kier molecular flexibility index (Phi) is 19.9. The van der Waals surface area contributed by atoms with Crippen LogP contribution in [-0.2, 0) is 19.1 Å². The Morgan fingerprint density at radius 3 is 1.28 bits per heavy atom. The summed E-state index contributed by atoms with van der Waals surface area (Å²) in [5.74, 6) is 1.18. The van der Waals surface area contributed by atoms with Crippen molar-refractivity contribution in [3.63, 3.8) is 0 Å². The molecule has 0 aliphatic heterocycles. The molecule has 4 heteroatoms. The van der Waals surface area contributed by atoms with Crippen LogP contribution in [0.1, 0.15) is 144 Å². The second kappa shape index (κ2) is 20.5. The van der Waals surface area contributed by atoms with Gasteiger partial charge in [0.25, 0.3) is 0 Å². The summed E-state index contributed by atoms with van der Waals surface area (Å²) in [6.07, 6.45) is 18.6. The second-order valence-corrected chi connectivity index (χ2v) is 10.4. The van der Waals surface area contributed by atoms with Gasteiger partial charge < -0.3 is 9.47 Å². The maximum Gasteiger partial charge on any atom is 0.306 e. The zero-order valence-corrected chi connectivity index (χ0v) is 22.3. The minimum Gasteiger partial charge on any atom is -0.463 e. The zero-order valence-electron chi connectivity index (χ0n) is 22.3. The molecule has 0 fully saturated rings. The maximum absolute atomic E-state index is 11.8. The molecule has 0 spiro atoms. The van der Waals surface area contributed by atoms with Gasteiger partial charge in [-0.1, -0.05) is 90.9 Å². The van der Waals surface area contributed by atoms with Gasteiger partial charge in [0.1, 0.15) is 0 Å². The molecule has 0 saturated heterocycles. The number of carbonyl (C=O) groups excluding carboxylic acids is 2. The molecule has 0 amide bonds. The van der Waals surface area contributed by atoms with Gasteiger partial charge in [-0.3, -0.25) is 9.59 Å². The minimum atomic E-state index is -0.0499. The maximum atomic E-state index is 11.8. The van der Waals surface area contributed by atoms with E-state index in [4.69, 9.17) is 9.47 Å². The van der Waals surface area contributed by atoms with Gasteiger partial charge in [-0.15, -0.1) is 0 Å².